The zero-order valence-electron chi connectivity index (χ0n) is 11.1. The van der Waals surface area contributed by atoms with Gasteiger partial charge in [0.05, 0.1) is 17.7 Å². The number of benzene rings is 1. The lowest BCUT2D eigenvalue weighted by molar-refractivity contribution is -0.140. The van der Waals surface area contributed by atoms with Crippen molar-refractivity contribution in [2.45, 2.75) is 38.6 Å². The summed E-state index contributed by atoms with van der Waals surface area (Å²) in [5.74, 6) is -1.50. The van der Waals surface area contributed by atoms with Crippen molar-refractivity contribution in [2.24, 2.45) is 11.7 Å². The molecule has 0 bridgehead atoms. The molecule has 0 heterocycles. The molecule has 0 aliphatic rings. The zero-order chi connectivity index (χ0) is 14.8. The van der Waals surface area contributed by atoms with Crippen LogP contribution in [0.2, 0.25) is 0 Å². The van der Waals surface area contributed by atoms with Crippen LogP contribution in [0.4, 0.5) is 17.6 Å². The van der Waals surface area contributed by atoms with Crippen molar-refractivity contribution in [1.29, 1.82) is 0 Å². The Balaban J connectivity index is 0.00000361. The molecule has 1 aromatic carbocycles. The van der Waals surface area contributed by atoms with Crippen LogP contribution in [0.15, 0.2) is 18.2 Å². The zero-order valence-corrected chi connectivity index (χ0v) is 11.9. The predicted octanol–water partition coefficient (Wildman–Crippen LogP) is 3.67. The van der Waals surface area contributed by atoms with Gasteiger partial charge < -0.3 is 10.8 Å². The van der Waals surface area contributed by atoms with Crippen LogP contribution in [0, 0.1) is 11.7 Å². The third kappa shape index (κ3) is 4.33. The van der Waals surface area contributed by atoms with Crippen molar-refractivity contribution in [3.63, 3.8) is 0 Å². The van der Waals surface area contributed by atoms with Crippen molar-refractivity contribution in [2.75, 3.05) is 0 Å². The Morgan fingerprint density at radius 2 is 1.85 bits per heavy atom. The average molecular weight is 316 g/mol. The standard InChI is InChI=1S/C13H17F4NO.ClH/c1-3-7(2)12(19)11(18)8-4-5-9(10(14)6-8)13(15,16)17;/h4-7,11-12,19H,3,18H2,1-2H3;1H/t7?,11-,12+;/m1./s1. The summed E-state index contributed by atoms with van der Waals surface area (Å²) in [6.07, 6.45) is -5.00. The first kappa shape index (κ1) is 19.1. The molecule has 1 unspecified atom stereocenters. The highest BCUT2D eigenvalue weighted by atomic mass is 35.5. The lowest BCUT2D eigenvalue weighted by Crippen LogP contribution is -2.31. The Morgan fingerprint density at radius 3 is 2.25 bits per heavy atom. The molecule has 1 rings (SSSR count). The van der Waals surface area contributed by atoms with Gasteiger partial charge in [-0.15, -0.1) is 12.4 Å². The summed E-state index contributed by atoms with van der Waals surface area (Å²) < 4.78 is 50.6. The second kappa shape index (κ2) is 7.24. The molecular weight excluding hydrogens is 298 g/mol. The molecule has 0 fully saturated rings. The largest absolute Gasteiger partial charge is 0.419 e. The van der Waals surface area contributed by atoms with Gasteiger partial charge >= 0.3 is 6.18 Å². The molecule has 1 aromatic rings. The predicted molar refractivity (Wildman–Crippen MR) is 71.0 cm³/mol. The van der Waals surface area contributed by atoms with Gasteiger partial charge in [-0.25, -0.2) is 4.39 Å². The Kier molecular flexibility index (Phi) is 6.93. The van der Waals surface area contributed by atoms with Gasteiger partial charge in [-0.1, -0.05) is 26.3 Å². The van der Waals surface area contributed by atoms with E-state index >= 15 is 0 Å². The number of hydrogen-bond donors (Lipinski definition) is 2. The van der Waals surface area contributed by atoms with E-state index in [2.05, 4.69) is 0 Å². The minimum absolute atomic E-state index is 0. The highest BCUT2D eigenvalue weighted by molar-refractivity contribution is 5.85. The van der Waals surface area contributed by atoms with E-state index in [9.17, 15) is 22.7 Å². The molecule has 0 aliphatic carbocycles. The fraction of sp³-hybridized carbons (Fsp3) is 0.538. The van der Waals surface area contributed by atoms with E-state index in [0.29, 0.717) is 12.5 Å². The van der Waals surface area contributed by atoms with Gasteiger partial charge in [0.25, 0.3) is 0 Å². The van der Waals surface area contributed by atoms with E-state index in [1.807, 2.05) is 6.92 Å². The molecular formula is C13H18ClF4NO. The number of rotatable bonds is 4. The van der Waals surface area contributed by atoms with Crippen LogP contribution in [0.25, 0.3) is 0 Å². The first-order valence-electron chi connectivity index (χ1n) is 5.98. The van der Waals surface area contributed by atoms with Crippen LogP contribution in [-0.2, 0) is 6.18 Å². The van der Waals surface area contributed by atoms with E-state index < -0.39 is 29.7 Å². The van der Waals surface area contributed by atoms with Gasteiger partial charge in [0.2, 0.25) is 0 Å². The monoisotopic (exact) mass is 315 g/mol. The molecule has 0 spiro atoms. The van der Waals surface area contributed by atoms with Crippen LogP contribution in [0.5, 0.6) is 0 Å². The molecule has 3 atom stereocenters. The highest BCUT2D eigenvalue weighted by Crippen LogP contribution is 2.33. The van der Waals surface area contributed by atoms with Crippen molar-refractivity contribution in [1.82, 2.24) is 0 Å². The summed E-state index contributed by atoms with van der Waals surface area (Å²) in [6, 6.07) is 1.57. The summed E-state index contributed by atoms with van der Waals surface area (Å²) >= 11 is 0. The van der Waals surface area contributed by atoms with Gasteiger partial charge in [-0.05, 0) is 23.6 Å². The average Bonchev–Trinajstić information content (AvgIpc) is 2.34. The fourth-order valence-corrected chi connectivity index (χ4v) is 1.76. The van der Waals surface area contributed by atoms with Crippen LogP contribution >= 0.6 is 12.4 Å². The maximum atomic E-state index is 13.4. The number of aliphatic hydroxyl groups is 1. The molecule has 2 nitrogen and oxygen atoms in total. The molecule has 0 amide bonds. The third-order valence-electron chi connectivity index (χ3n) is 3.28. The van der Waals surface area contributed by atoms with Gasteiger partial charge in [0, 0.05) is 0 Å². The summed E-state index contributed by atoms with van der Waals surface area (Å²) in [5, 5.41) is 9.89. The number of halogens is 5. The summed E-state index contributed by atoms with van der Waals surface area (Å²) in [4.78, 5) is 0. The lowest BCUT2D eigenvalue weighted by atomic mass is 9.91. The van der Waals surface area contributed by atoms with Gasteiger partial charge in [0.15, 0.2) is 0 Å². The molecule has 0 radical (unpaired) electrons. The van der Waals surface area contributed by atoms with E-state index in [4.69, 9.17) is 5.73 Å². The maximum absolute atomic E-state index is 13.4. The Labute approximate surface area is 121 Å². The molecule has 116 valence electrons. The van der Waals surface area contributed by atoms with E-state index in [1.165, 1.54) is 0 Å². The quantitative estimate of drug-likeness (QED) is 0.833. The van der Waals surface area contributed by atoms with Crippen LogP contribution in [-0.4, -0.2) is 11.2 Å². The van der Waals surface area contributed by atoms with Crippen LogP contribution in [0.3, 0.4) is 0 Å². The van der Waals surface area contributed by atoms with Crippen molar-refractivity contribution in [3.05, 3.63) is 35.1 Å². The van der Waals surface area contributed by atoms with Gasteiger partial charge in [0.1, 0.15) is 5.82 Å². The smallest absolute Gasteiger partial charge is 0.391 e. The van der Waals surface area contributed by atoms with Crippen molar-refractivity contribution >= 4 is 12.4 Å². The van der Waals surface area contributed by atoms with Crippen LogP contribution in [0.1, 0.15) is 37.4 Å². The first-order valence-corrected chi connectivity index (χ1v) is 5.98. The SMILES string of the molecule is CCC(C)[C@H](O)[C@H](N)c1ccc(C(F)(F)F)c(F)c1.Cl. The highest BCUT2D eigenvalue weighted by Gasteiger charge is 2.34. The Morgan fingerprint density at radius 1 is 1.30 bits per heavy atom. The third-order valence-corrected chi connectivity index (χ3v) is 3.28. The van der Waals surface area contributed by atoms with Gasteiger partial charge in [-0.3, -0.25) is 0 Å². The number of aliphatic hydroxyl groups excluding tert-OH is 1. The normalized spacial score (nSPS) is 16.2. The summed E-state index contributed by atoms with van der Waals surface area (Å²) in [6.45, 7) is 3.62. The second-order valence-corrected chi connectivity index (χ2v) is 4.64. The Hall–Kier alpha value is -0.850. The lowest BCUT2D eigenvalue weighted by Gasteiger charge is -2.24. The first-order chi connectivity index (χ1) is 8.68. The molecule has 7 heteroatoms. The fourth-order valence-electron chi connectivity index (χ4n) is 1.76. The summed E-state index contributed by atoms with van der Waals surface area (Å²) in [5.41, 5.74) is 4.56. The van der Waals surface area contributed by atoms with Crippen molar-refractivity contribution in [3.8, 4) is 0 Å². The summed E-state index contributed by atoms with van der Waals surface area (Å²) in [7, 11) is 0. The molecule has 20 heavy (non-hydrogen) atoms. The van der Waals surface area contributed by atoms with Crippen molar-refractivity contribution < 1.29 is 22.7 Å². The second-order valence-electron chi connectivity index (χ2n) is 4.64. The molecule has 0 saturated heterocycles. The number of alkyl halides is 3. The van der Waals surface area contributed by atoms with E-state index in [-0.39, 0.29) is 23.9 Å². The molecule has 0 aliphatic heterocycles. The number of nitrogens with two attached hydrogens (primary N) is 1. The maximum Gasteiger partial charge on any atom is 0.419 e. The van der Waals surface area contributed by atoms with Gasteiger partial charge in [-0.2, -0.15) is 13.2 Å². The molecule has 3 N–H and O–H groups in total. The van der Waals surface area contributed by atoms with E-state index in [0.717, 1.165) is 12.1 Å². The molecule has 0 aromatic heterocycles. The van der Waals surface area contributed by atoms with Crippen LogP contribution < -0.4 is 5.73 Å². The van der Waals surface area contributed by atoms with E-state index in [1.54, 1.807) is 6.92 Å². The topological polar surface area (TPSA) is 46.2 Å². The minimum atomic E-state index is -4.73. The molecule has 0 saturated carbocycles. The Bertz CT molecular complexity index is 439. The minimum Gasteiger partial charge on any atom is -0.391 e. The number of hydrogen-bond acceptors (Lipinski definition) is 2.